The second-order valence-electron chi connectivity index (χ2n) is 5.07. The molecule has 20 heavy (non-hydrogen) atoms. The highest BCUT2D eigenvalue weighted by atomic mass is 16.2. The summed E-state index contributed by atoms with van der Waals surface area (Å²) in [5, 5.41) is 2.87. The summed E-state index contributed by atoms with van der Waals surface area (Å²) in [6.45, 7) is 3.11. The molecule has 1 aromatic rings. The fraction of sp³-hybridized carbons (Fsp3) is 0.429. The number of hydrogen-bond donors (Lipinski definition) is 3. The molecule has 0 aliphatic carbocycles. The summed E-state index contributed by atoms with van der Waals surface area (Å²) in [5.41, 5.74) is 4.05. The van der Waals surface area contributed by atoms with E-state index in [2.05, 4.69) is 10.7 Å². The summed E-state index contributed by atoms with van der Waals surface area (Å²) >= 11 is 0. The van der Waals surface area contributed by atoms with Gasteiger partial charge in [-0.05, 0) is 37.5 Å². The first-order valence-corrected chi connectivity index (χ1v) is 6.73. The van der Waals surface area contributed by atoms with Crippen LogP contribution in [0.15, 0.2) is 24.3 Å². The third-order valence-corrected chi connectivity index (χ3v) is 3.56. The van der Waals surface area contributed by atoms with Crippen LogP contribution in [0.4, 0.5) is 10.5 Å². The number of piperidine rings is 1. The number of anilines is 1. The van der Waals surface area contributed by atoms with E-state index in [-0.39, 0.29) is 17.9 Å². The summed E-state index contributed by atoms with van der Waals surface area (Å²) in [5.74, 6) is 4.88. The summed E-state index contributed by atoms with van der Waals surface area (Å²) in [6.07, 6.45) is 1.29. The van der Waals surface area contributed by atoms with Gasteiger partial charge in [0.1, 0.15) is 0 Å². The van der Waals surface area contributed by atoms with Crippen molar-refractivity contribution in [1.29, 1.82) is 0 Å². The standard InChI is InChI=1S/C14H20N4O2/c1-10-3-2-4-12(9-10)16-14(20)18-7-5-11(6-8-18)13(19)17-15/h2-4,9,11H,5-8,15H2,1H3,(H,16,20)(H,17,19). The molecule has 1 heterocycles. The van der Waals surface area contributed by atoms with E-state index < -0.39 is 0 Å². The van der Waals surface area contributed by atoms with E-state index in [0.29, 0.717) is 25.9 Å². The van der Waals surface area contributed by atoms with Crippen molar-refractivity contribution < 1.29 is 9.59 Å². The molecule has 1 aromatic carbocycles. The Morgan fingerprint density at radius 3 is 2.60 bits per heavy atom. The molecule has 0 unspecified atom stereocenters. The number of aryl methyl sites for hydroxylation is 1. The molecule has 0 radical (unpaired) electrons. The predicted octanol–water partition coefficient (Wildman–Crippen LogP) is 1.23. The molecule has 1 saturated heterocycles. The Balaban J connectivity index is 1.87. The van der Waals surface area contributed by atoms with Gasteiger partial charge in [0, 0.05) is 24.7 Å². The molecule has 4 N–H and O–H groups in total. The first-order valence-electron chi connectivity index (χ1n) is 6.73. The van der Waals surface area contributed by atoms with Crippen molar-refractivity contribution in [3.8, 4) is 0 Å². The SMILES string of the molecule is Cc1cccc(NC(=O)N2CCC(C(=O)NN)CC2)c1. The number of carbonyl (C=O) groups is 2. The van der Waals surface area contributed by atoms with Crippen molar-refractivity contribution in [3.05, 3.63) is 29.8 Å². The average Bonchev–Trinajstić information content (AvgIpc) is 2.46. The third kappa shape index (κ3) is 3.48. The number of benzene rings is 1. The maximum Gasteiger partial charge on any atom is 0.321 e. The Morgan fingerprint density at radius 2 is 2.00 bits per heavy atom. The van der Waals surface area contributed by atoms with Crippen LogP contribution in [0.25, 0.3) is 0 Å². The number of rotatable bonds is 2. The van der Waals surface area contributed by atoms with E-state index in [1.54, 1.807) is 4.90 Å². The zero-order valence-corrected chi connectivity index (χ0v) is 11.6. The average molecular weight is 276 g/mol. The van der Waals surface area contributed by atoms with Gasteiger partial charge in [-0.15, -0.1) is 0 Å². The molecule has 1 aliphatic heterocycles. The lowest BCUT2D eigenvalue weighted by atomic mass is 9.96. The molecule has 6 heteroatoms. The summed E-state index contributed by atoms with van der Waals surface area (Å²) in [6, 6.07) is 7.55. The first-order chi connectivity index (χ1) is 9.60. The molecule has 0 saturated carbocycles. The number of nitrogens with zero attached hydrogens (tertiary/aromatic N) is 1. The Kier molecular flexibility index (Phi) is 4.57. The highest BCUT2D eigenvalue weighted by Gasteiger charge is 2.26. The smallest absolute Gasteiger partial charge is 0.321 e. The van der Waals surface area contributed by atoms with Crippen molar-refractivity contribution in [2.45, 2.75) is 19.8 Å². The number of urea groups is 1. The van der Waals surface area contributed by atoms with Gasteiger partial charge >= 0.3 is 6.03 Å². The second-order valence-corrected chi connectivity index (χ2v) is 5.07. The second kappa shape index (κ2) is 6.38. The molecule has 0 bridgehead atoms. The molecule has 0 atom stereocenters. The largest absolute Gasteiger partial charge is 0.324 e. The van der Waals surface area contributed by atoms with Crippen LogP contribution in [-0.2, 0) is 4.79 Å². The number of likely N-dealkylation sites (tertiary alicyclic amines) is 1. The molecule has 1 fully saturated rings. The first kappa shape index (κ1) is 14.3. The van der Waals surface area contributed by atoms with Gasteiger partial charge in [-0.3, -0.25) is 10.2 Å². The van der Waals surface area contributed by atoms with Gasteiger partial charge in [-0.25, -0.2) is 10.6 Å². The molecule has 1 aliphatic rings. The number of hydrogen-bond acceptors (Lipinski definition) is 3. The molecular formula is C14H20N4O2. The monoisotopic (exact) mass is 276 g/mol. The normalized spacial score (nSPS) is 15.8. The fourth-order valence-corrected chi connectivity index (χ4v) is 2.39. The zero-order valence-electron chi connectivity index (χ0n) is 11.6. The van der Waals surface area contributed by atoms with Crippen LogP contribution in [0.1, 0.15) is 18.4 Å². The Bertz CT molecular complexity index is 496. The van der Waals surface area contributed by atoms with E-state index in [1.165, 1.54) is 0 Å². The van der Waals surface area contributed by atoms with Crippen LogP contribution >= 0.6 is 0 Å². The van der Waals surface area contributed by atoms with Gasteiger partial charge in [0.05, 0.1) is 0 Å². The highest BCUT2D eigenvalue weighted by Crippen LogP contribution is 2.18. The lowest BCUT2D eigenvalue weighted by Gasteiger charge is -2.31. The molecule has 3 amide bonds. The fourth-order valence-electron chi connectivity index (χ4n) is 2.39. The lowest BCUT2D eigenvalue weighted by molar-refractivity contribution is -0.126. The summed E-state index contributed by atoms with van der Waals surface area (Å²) in [7, 11) is 0. The Morgan fingerprint density at radius 1 is 1.30 bits per heavy atom. The van der Waals surface area contributed by atoms with Gasteiger partial charge < -0.3 is 10.2 Å². The van der Waals surface area contributed by atoms with Gasteiger partial charge in [0.15, 0.2) is 0 Å². The van der Waals surface area contributed by atoms with Crippen LogP contribution in [0, 0.1) is 12.8 Å². The number of amides is 3. The predicted molar refractivity (Wildman–Crippen MR) is 76.8 cm³/mol. The molecular weight excluding hydrogens is 256 g/mol. The zero-order chi connectivity index (χ0) is 14.5. The van der Waals surface area contributed by atoms with E-state index in [9.17, 15) is 9.59 Å². The van der Waals surface area contributed by atoms with Crippen molar-refractivity contribution in [2.75, 3.05) is 18.4 Å². The highest BCUT2D eigenvalue weighted by molar-refractivity contribution is 5.89. The maximum absolute atomic E-state index is 12.1. The van der Waals surface area contributed by atoms with Crippen molar-refractivity contribution in [3.63, 3.8) is 0 Å². The van der Waals surface area contributed by atoms with Crippen LogP contribution < -0.4 is 16.6 Å². The van der Waals surface area contributed by atoms with Gasteiger partial charge in [-0.1, -0.05) is 12.1 Å². The maximum atomic E-state index is 12.1. The van der Waals surface area contributed by atoms with E-state index in [1.807, 2.05) is 31.2 Å². The topological polar surface area (TPSA) is 87.5 Å². The third-order valence-electron chi connectivity index (χ3n) is 3.56. The summed E-state index contributed by atoms with van der Waals surface area (Å²) in [4.78, 5) is 25.3. The van der Waals surface area contributed by atoms with E-state index >= 15 is 0 Å². The molecule has 6 nitrogen and oxygen atoms in total. The van der Waals surface area contributed by atoms with Crippen LogP contribution in [-0.4, -0.2) is 29.9 Å². The van der Waals surface area contributed by atoms with Crippen molar-refractivity contribution in [2.24, 2.45) is 11.8 Å². The Labute approximate surface area is 118 Å². The van der Waals surface area contributed by atoms with Crippen molar-refractivity contribution >= 4 is 17.6 Å². The van der Waals surface area contributed by atoms with Crippen molar-refractivity contribution in [1.82, 2.24) is 10.3 Å². The van der Waals surface area contributed by atoms with Gasteiger partial charge in [0.2, 0.25) is 5.91 Å². The van der Waals surface area contributed by atoms with Crippen LogP contribution in [0.3, 0.4) is 0 Å². The number of hydrazine groups is 1. The lowest BCUT2D eigenvalue weighted by Crippen LogP contribution is -2.45. The molecule has 108 valence electrons. The summed E-state index contributed by atoms with van der Waals surface area (Å²) < 4.78 is 0. The molecule has 2 rings (SSSR count). The number of nitrogens with one attached hydrogen (secondary N) is 2. The van der Waals surface area contributed by atoms with Gasteiger partial charge in [0.25, 0.3) is 0 Å². The van der Waals surface area contributed by atoms with E-state index in [0.717, 1.165) is 11.3 Å². The minimum Gasteiger partial charge on any atom is -0.324 e. The quantitative estimate of drug-likeness (QED) is 0.431. The number of nitrogens with two attached hydrogens (primary N) is 1. The Hall–Kier alpha value is -2.08. The number of carbonyl (C=O) groups excluding carboxylic acids is 2. The molecule has 0 aromatic heterocycles. The van der Waals surface area contributed by atoms with Crippen LogP contribution in [0.5, 0.6) is 0 Å². The van der Waals surface area contributed by atoms with Gasteiger partial charge in [-0.2, -0.15) is 0 Å². The van der Waals surface area contributed by atoms with Crippen LogP contribution in [0.2, 0.25) is 0 Å². The molecule has 0 spiro atoms. The van der Waals surface area contributed by atoms with E-state index in [4.69, 9.17) is 5.84 Å². The minimum absolute atomic E-state index is 0.0944. The minimum atomic E-state index is -0.149.